The maximum absolute atomic E-state index is 13.5. The molecule has 1 aromatic carbocycles. The summed E-state index contributed by atoms with van der Waals surface area (Å²) in [6, 6.07) is 5.95. The third-order valence-corrected chi connectivity index (χ3v) is 3.45. The average Bonchev–Trinajstić information content (AvgIpc) is 2.84. The number of hydrogen-bond donors (Lipinski definition) is 2. The number of nitrogens with one attached hydrogen (secondary N) is 2. The fraction of sp³-hybridized carbons (Fsp3) is 0.125. The van der Waals surface area contributed by atoms with Gasteiger partial charge >= 0.3 is 0 Å². The molecule has 0 aliphatic heterocycles. The van der Waals surface area contributed by atoms with Gasteiger partial charge in [-0.15, -0.1) is 0 Å². The summed E-state index contributed by atoms with van der Waals surface area (Å²) in [6.07, 6.45) is 2.44. The predicted molar refractivity (Wildman–Crippen MR) is 86.9 cm³/mol. The molecule has 0 fully saturated rings. The molecule has 0 bridgehead atoms. The van der Waals surface area contributed by atoms with Crippen LogP contribution >= 0.6 is 15.9 Å². The second-order valence-corrected chi connectivity index (χ2v) is 5.69. The first-order valence-electron chi connectivity index (χ1n) is 6.67. The highest BCUT2D eigenvalue weighted by Gasteiger charge is 2.13. The van der Waals surface area contributed by atoms with E-state index in [1.165, 1.54) is 18.2 Å². The molecule has 0 saturated carbocycles. The Kier molecular flexibility index (Phi) is 5.33. The molecule has 0 spiro atoms. The third kappa shape index (κ3) is 4.53. The standard InChI is InChI=1S/C16H14BrFN2O3/c1-9-7-13(10(2)23-9)16(22)20-19-15(21)6-3-11-8-12(17)4-5-14(11)18/h3-8H,1-2H3,(H,19,21)(H,20,22)/b6-3+. The second kappa shape index (κ2) is 7.23. The minimum Gasteiger partial charge on any atom is -0.466 e. The highest BCUT2D eigenvalue weighted by molar-refractivity contribution is 9.10. The fourth-order valence-electron chi connectivity index (χ4n) is 1.89. The lowest BCUT2D eigenvalue weighted by atomic mass is 10.2. The van der Waals surface area contributed by atoms with Crippen LogP contribution in [0.1, 0.15) is 27.4 Å². The van der Waals surface area contributed by atoms with Crippen molar-refractivity contribution in [3.8, 4) is 0 Å². The van der Waals surface area contributed by atoms with Crippen LogP contribution in [0.2, 0.25) is 0 Å². The number of rotatable bonds is 3. The van der Waals surface area contributed by atoms with Crippen LogP contribution in [0.25, 0.3) is 6.08 Å². The van der Waals surface area contributed by atoms with Crippen molar-refractivity contribution in [3.63, 3.8) is 0 Å². The molecule has 0 aliphatic rings. The van der Waals surface area contributed by atoms with Gasteiger partial charge < -0.3 is 4.42 Å². The Hall–Kier alpha value is -2.41. The van der Waals surface area contributed by atoms with E-state index in [1.54, 1.807) is 26.0 Å². The maximum atomic E-state index is 13.5. The van der Waals surface area contributed by atoms with Gasteiger partial charge in [0.15, 0.2) is 0 Å². The Balaban J connectivity index is 1.95. The average molecular weight is 381 g/mol. The van der Waals surface area contributed by atoms with Crippen LogP contribution in [0.3, 0.4) is 0 Å². The van der Waals surface area contributed by atoms with E-state index in [2.05, 4.69) is 26.8 Å². The summed E-state index contributed by atoms with van der Waals surface area (Å²) in [4.78, 5) is 23.5. The highest BCUT2D eigenvalue weighted by Crippen LogP contribution is 2.16. The lowest BCUT2D eigenvalue weighted by Crippen LogP contribution is -2.40. The number of furan rings is 1. The van der Waals surface area contributed by atoms with Crippen LogP contribution in [0.15, 0.2) is 39.2 Å². The first kappa shape index (κ1) is 17.0. The fourth-order valence-corrected chi connectivity index (χ4v) is 2.27. The van der Waals surface area contributed by atoms with Crippen molar-refractivity contribution in [3.05, 3.63) is 63.3 Å². The molecule has 2 rings (SSSR count). The zero-order valence-corrected chi connectivity index (χ0v) is 14.0. The number of hydrazine groups is 1. The van der Waals surface area contributed by atoms with E-state index in [0.29, 0.717) is 21.6 Å². The van der Waals surface area contributed by atoms with Crippen LogP contribution in [-0.4, -0.2) is 11.8 Å². The first-order valence-corrected chi connectivity index (χ1v) is 7.46. The molecule has 120 valence electrons. The van der Waals surface area contributed by atoms with Gasteiger partial charge in [-0.1, -0.05) is 15.9 Å². The van der Waals surface area contributed by atoms with Crippen LogP contribution in [-0.2, 0) is 4.79 Å². The van der Waals surface area contributed by atoms with Crippen LogP contribution in [0, 0.1) is 19.7 Å². The van der Waals surface area contributed by atoms with Gasteiger partial charge in [-0.3, -0.25) is 20.4 Å². The number of benzene rings is 1. The van der Waals surface area contributed by atoms with E-state index in [-0.39, 0.29) is 5.56 Å². The topological polar surface area (TPSA) is 71.3 Å². The molecule has 1 heterocycles. The van der Waals surface area contributed by atoms with Crippen LogP contribution in [0.5, 0.6) is 0 Å². The number of hydrogen-bond acceptors (Lipinski definition) is 3. The molecule has 2 N–H and O–H groups in total. The molecule has 0 atom stereocenters. The Bertz CT molecular complexity index is 784. The van der Waals surface area contributed by atoms with E-state index in [1.807, 2.05) is 0 Å². The summed E-state index contributed by atoms with van der Waals surface area (Å²) in [5, 5.41) is 0. The molecule has 0 saturated heterocycles. The van der Waals surface area contributed by atoms with E-state index in [4.69, 9.17) is 4.42 Å². The molecular weight excluding hydrogens is 367 g/mol. The predicted octanol–water partition coefficient (Wildman–Crippen LogP) is 3.27. The molecular formula is C16H14BrFN2O3. The van der Waals surface area contributed by atoms with Gasteiger partial charge in [0.2, 0.25) is 0 Å². The molecule has 0 aliphatic carbocycles. The zero-order chi connectivity index (χ0) is 17.0. The number of halogens is 2. The van der Waals surface area contributed by atoms with E-state index in [0.717, 1.165) is 6.08 Å². The monoisotopic (exact) mass is 380 g/mol. The molecule has 2 aromatic rings. The van der Waals surface area contributed by atoms with Crippen LogP contribution in [0.4, 0.5) is 4.39 Å². The smallest absolute Gasteiger partial charge is 0.273 e. The van der Waals surface area contributed by atoms with Crippen molar-refractivity contribution < 1.29 is 18.4 Å². The van der Waals surface area contributed by atoms with E-state index < -0.39 is 17.6 Å². The van der Waals surface area contributed by atoms with Crippen molar-refractivity contribution in [2.45, 2.75) is 13.8 Å². The van der Waals surface area contributed by atoms with Crippen molar-refractivity contribution in [2.75, 3.05) is 0 Å². The highest BCUT2D eigenvalue weighted by atomic mass is 79.9. The molecule has 1 aromatic heterocycles. The van der Waals surface area contributed by atoms with Gasteiger partial charge in [0.05, 0.1) is 5.56 Å². The summed E-state index contributed by atoms with van der Waals surface area (Å²) in [6.45, 7) is 3.37. The quantitative estimate of drug-likeness (QED) is 0.633. The maximum Gasteiger partial charge on any atom is 0.273 e. The molecule has 5 nitrogen and oxygen atoms in total. The first-order chi connectivity index (χ1) is 10.9. The van der Waals surface area contributed by atoms with E-state index >= 15 is 0 Å². The lowest BCUT2D eigenvalue weighted by molar-refractivity contribution is -0.117. The Morgan fingerprint density at radius 2 is 1.96 bits per heavy atom. The van der Waals surface area contributed by atoms with E-state index in [9.17, 15) is 14.0 Å². The summed E-state index contributed by atoms with van der Waals surface area (Å²) in [7, 11) is 0. The van der Waals surface area contributed by atoms with Crippen molar-refractivity contribution in [1.29, 1.82) is 0 Å². The number of carbonyl (C=O) groups excluding carboxylic acids is 2. The number of carbonyl (C=O) groups is 2. The Morgan fingerprint density at radius 3 is 2.61 bits per heavy atom. The third-order valence-electron chi connectivity index (χ3n) is 2.96. The van der Waals surface area contributed by atoms with Gasteiger partial charge in [-0.05, 0) is 44.2 Å². The molecule has 0 radical (unpaired) electrons. The summed E-state index contributed by atoms with van der Waals surface area (Å²) >= 11 is 3.22. The van der Waals surface area contributed by atoms with Gasteiger partial charge in [-0.2, -0.15) is 0 Å². The number of amides is 2. The van der Waals surface area contributed by atoms with Crippen molar-refractivity contribution in [2.24, 2.45) is 0 Å². The molecule has 23 heavy (non-hydrogen) atoms. The summed E-state index contributed by atoms with van der Waals surface area (Å²) < 4.78 is 19.4. The van der Waals surface area contributed by atoms with Crippen molar-refractivity contribution in [1.82, 2.24) is 10.9 Å². The van der Waals surface area contributed by atoms with Gasteiger partial charge in [-0.25, -0.2) is 4.39 Å². The lowest BCUT2D eigenvalue weighted by Gasteiger charge is -2.04. The second-order valence-electron chi connectivity index (χ2n) is 4.77. The minimum atomic E-state index is -0.587. The summed E-state index contributed by atoms with van der Waals surface area (Å²) in [5.41, 5.74) is 5.07. The molecule has 0 unspecified atom stereocenters. The Morgan fingerprint density at radius 1 is 1.22 bits per heavy atom. The van der Waals surface area contributed by atoms with Gasteiger partial charge in [0, 0.05) is 16.1 Å². The van der Waals surface area contributed by atoms with Crippen molar-refractivity contribution >= 4 is 33.8 Å². The number of aryl methyl sites for hydroxylation is 2. The van der Waals surface area contributed by atoms with Gasteiger partial charge in [0.25, 0.3) is 11.8 Å². The van der Waals surface area contributed by atoms with Crippen LogP contribution < -0.4 is 10.9 Å². The van der Waals surface area contributed by atoms with Gasteiger partial charge in [0.1, 0.15) is 17.3 Å². The normalized spacial score (nSPS) is 10.8. The molecule has 2 amide bonds. The minimum absolute atomic E-state index is 0.252. The molecule has 7 heteroatoms. The zero-order valence-electron chi connectivity index (χ0n) is 12.4. The largest absolute Gasteiger partial charge is 0.466 e. The summed E-state index contributed by atoms with van der Waals surface area (Å²) in [5.74, 6) is -0.471. The SMILES string of the molecule is Cc1cc(C(=O)NNC(=O)/C=C/c2cc(Br)ccc2F)c(C)o1. The Labute approximate surface area is 140 Å².